The highest BCUT2D eigenvalue weighted by molar-refractivity contribution is 7.92. The molecule has 2 aromatic rings. The van der Waals surface area contributed by atoms with Crippen LogP contribution < -0.4 is 9.46 Å². The zero-order valence-electron chi connectivity index (χ0n) is 15.5. The summed E-state index contributed by atoms with van der Waals surface area (Å²) in [7, 11) is -1.16. The minimum absolute atomic E-state index is 0.0756. The van der Waals surface area contributed by atoms with E-state index in [2.05, 4.69) is 30.2 Å². The quantitative estimate of drug-likeness (QED) is 0.806. The highest BCUT2D eigenvalue weighted by Crippen LogP contribution is 2.29. The molecule has 0 bridgehead atoms. The maximum absolute atomic E-state index is 12.7. The summed E-state index contributed by atoms with van der Waals surface area (Å²) in [4.78, 5) is 11.8. The lowest BCUT2D eigenvalue weighted by Gasteiger charge is -2.19. The molecule has 0 aliphatic heterocycles. The van der Waals surface area contributed by atoms with Crippen LogP contribution in [-0.2, 0) is 20.2 Å². The summed E-state index contributed by atoms with van der Waals surface area (Å²) in [5.41, 5.74) is 1.33. The van der Waals surface area contributed by atoms with E-state index in [0.717, 1.165) is 5.56 Å². The van der Waals surface area contributed by atoms with Gasteiger partial charge in [0, 0.05) is 0 Å². The number of ether oxygens (including phenoxy) is 2. The van der Waals surface area contributed by atoms with Gasteiger partial charge in [0.25, 0.3) is 10.0 Å². The smallest absolute Gasteiger partial charge is 0.337 e. The molecule has 0 aliphatic rings. The molecular weight excluding hydrogens is 354 g/mol. The number of carbonyl (C=O) groups excluding carboxylic acids is 1. The molecule has 0 aromatic heterocycles. The Morgan fingerprint density at radius 1 is 1.00 bits per heavy atom. The Kier molecular flexibility index (Phi) is 5.61. The first-order valence-electron chi connectivity index (χ1n) is 7.98. The second-order valence-corrected chi connectivity index (χ2v) is 8.47. The van der Waals surface area contributed by atoms with Gasteiger partial charge in [-0.25, -0.2) is 13.2 Å². The summed E-state index contributed by atoms with van der Waals surface area (Å²) in [6.45, 7) is 6.16. The average Bonchev–Trinajstić information content (AvgIpc) is 2.60. The van der Waals surface area contributed by atoms with Crippen LogP contribution in [0.1, 0.15) is 36.7 Å². The molecule has 140 valence electrons. The van der Waals surface area contributed by atoms with Crippen LogP contribution in [0.15, 0.2) is 47.4 Å². The number of hydrogen-bond acceptors (Lipinski definition) is 5. The molecule has 0 saturated heterocycles. The topological polar surface area (TPSA) is 81.7 Å². The van der Waals surface area contributed by atoms with Gasteiger partial charge in [-0.1, -0.05) is 32.9 Å². The van der Waals surface area contributed by atoms with E-state index in [-0.39, 0.29) is 21.6 Å². The van der Waals surface area contributed by atoms with E-state index in [9.17, 15) is 13.2 Å². The highest BCUT2D eigenvalue weighted by atomic mass is 32.2. The number of benzene rings is 2. The van der Waals surface area contributed by atoms with Crippen LogP contribution >= 0.6 is 0 Å². The maximum Gasteiger partial charge on any atom is 0.337 e. The van der Waals surface area contributed by atoms with Crippen LogP contribution in [-0.4, -0.2) is 28.6 Å². The second kappa shape index (κ2) is 7.37. The minimum Gasteiger partial charge on any atom is -0.495 e. The second-order valence-electron chi connectivity index (χ2n) is 6.79. The first kappa shape index (κ1) is 19.8. The van der Waals surface area contributed by atoms with Gasteiger partial charge in [-0.2, -0.15) is 0 Å². The van der Waals surface area contributed by atoms with E-state index in [4.69, 9.17) is 4.74 Å². The Hall–Kier alpha value is -2.54. The number of carbonyl (C=O) groups is 1. The third kappa shape index (κ3) is 4.35. The lowest BCUT2D eigenvalue weighted by atomic mass is 9.87. The average molecular weight is 377 g/mol. The number of hydrogen-bond donors (Lipinski definition) is 1. The molecule has 0 fully saturated rings. The first-order chi connectivity index (χ1) is 12.1. The van der Waals surface area contributed by atoms with Crippen molar-refractivity contribution >= 4 is 21.7 Å². The van der Waals surface area contributed by atoms with Gasteiger partial charge in [0.1, 0.15) is 5.75 Å². The molecule has 6 nitrogen and oxygen atoms in total. The summed E-state index contributed by atoms with van der Waals surface area (Å²) in [5.74, 6) is -0.268. The molecule has 7 heteroatoms. The van der Waals surface area contributed by atoms with Crippen molar-refractivity contribution in [3.05, 3.63) is 53.6 Å². The molecule has 0 atom stereocenters. The number of rotatable bonds is 5. The Bertz CT molecular complexity index is 897. The third-order valence-corrected chi connectivity index (χ3v) is 5.28. The number of anilines is 1. The van der Waals surface area contributed by atoms with E-state index in [1.165, 1.54) is 32.4 Å². The molecular formula is C19H23NO5S. The minimum atomic E-state index is -3.84. The van der Waals surface area contributed by atoms with E-state index in [1.807, 2.05) is 0 Å². The van der Waals surface area contributed by atoms with Gasteiger partial charge in [-0.05, 0) is 41.3 Å². The monoisotopic (exact) mass is 377 g/mol. The van der Waals surface area contributed by atoms with Crippen molar-refractivity contribution in [2.75, 3.05) is 18.9 Å². The summed E-state index contributed by atoms with van der Waals surface area (Å²) < 4.78 is 37.7. The van der Waals surface area contributed by atoms with E-state index < -0.39 is 16.0 Å². The van der Waals surface area contributed by atoms with Gasteiger partial charge >= 0.3 is 5.97 Å². The van der Waals surface area contributed by atoms with Gasteiger partial charge in [0.05, 0.1) is 30.4 Å². The number of sulfonamides is 1. The van der Waals surface area contributed by atoms with E-state index >= 15 is 0 Å². The van der Waals surface area contributed by atoms with Crippen LogP contribution in [0, 0.1) is 0 Å². The molecule has 0 spiro atoms. The molecule has 0 amide bonds. The van der Waals surface area contributed by atoms with Gasteiger partial charge in [0.2, 0.25) is 0 Å². The molecule has 0 unspecified atom stereocenters. The third-order valence-electron chi connectivity index (χ3n) is 3.90. The summed E-state index contributed by atoms with van der Waals surface area (Å²) in [6, 6.07) is 11.1. The summed E-state index contributed by atoms with van der Waals surface area (Å²) >= 11 is 0. The van der Waals surface area contributed by atoms with Gasteiger partial charge in [-0.15, -0.1) is 0 Å². The first-order valence-corrected chi connectivity index (χ1v) is 9.46. The summed E-state index contributed by atoms with van der Waals surface area (Å²) in [5, 5.41) is 0. The van der Waals surface area contributed by atoms with Gasteiger partial charge in [0.15, 0.2) is 0 Å². The number of esters is 1. The molecule has 0 aliphatic carbocycles. The van der Waals surface area contributed by atoms with Crippen LogP contribution in [0.3, 0.4) is 0 Å². The lowest BCUT2D eigenvalue weighted by molar-refractivity contribution is 0.0600. The highest BCUT2D eigenvalue weighted by Gasteiger charge is 2.20. The molecule has 2 rings (SSSR count). The summed E-state index contributed by atoms with van der Waals surface area (Å²) in [6.07, 6.45) is 0. The predicted molar refractivity (Wildman–Crippen MR) is 100 cm³/mol. The van der Waals surface area contributed by atoms with Crippen molar-refractivity contribution in [3.8, 4) is 5.75 Å². The SMILES string of the molecule is COC(=O)c1ccc(OC)c(NS(=O)(=O)c2ccc(C(C)(C)C)cc2)c1. The van der Waals surface area contributed by atoms with Crippen LogP contribution in [0.4, 0.5) is 5.69 Å². The molecule has 2 aromatic carbocycles. The Labute approximate surface area is 154 Å². The van der Waals surface area contributed by atoms with Crippen molar-refractivity contribution in [2.45, 2.75) is 31.1 Å². The van der Waals surface area contributed by atoms with Crippen molar-refractivity contribution in [2.24, 2.45) is 0 Å². The largest absolute Gasteiger partial charge is 0.495 e. The zero-order valence-corrected chi connectivity index (χ0v) is 16.3. The fourth-order valence-corrected chi connectivity index (χ4v) is 3.43. The van der Waals surface area contributed by atoms with E-state index in [1.54, 1.807) is 24.3 Å². The molecule has 0 radical (unpaired) electrons. The van der Waals surface area contributed by atoms with Crippen molar-refractivity contribution in [1.29, 1.82) is 0 Å². The number of methoxy groups -OCH3 is 2. The predicted octanol–water partition coefficient (Wildman–Crippen LogP) is 3.58. The molecule has 0 saturated carbocycles. The van der Waals surface area contributed by atoms with Crippen molar-refractivity contribution in [3.63, 3.8) is 0 Å². The lowest BCUT2D eigenvalue weighted by Crippen LogP contribution is -2.16. The Morgan fingerprint density at radius 3 is 2.12 bits per heavy atom. The fraction of sp³-hybridized carbons (Fsp3) is 0.316. The zero-order chi connectivity index (χ0) is 19.5. The standard InChI is InChI=1S/C19H23NO5S/c1-19(2,3)14-7-9-15(10-8-14)26(22,23)20-16-12-13(18(21)25-5)6-11-17(16)24-4/h6-12,20H,1-5H3. The normalized spacial score (nSPS) is 11.7. The van der Waals surface area contributed by atoms with E-state index in [0.29, 0.717) is 5.75 Å². The van der Waals surface area contributed by atoms with Gasteiger partial charge < -0.3 is 9.47 Å². The molecule has 0 heterocycles. The molecule has 1 N–H and O–H groups in total. The fourth-order valence-electron chi connectivity index (χ4n) is 2.37. The van der Waals surface area contributed by atoms with Crippen LogP contribution in [0.25, 0.3) is 0 Å². The Balaban J connectivity index is 2.38. The van der Waals surface area contributed by atoms with Crippen LogP contribution in [0.5, 0.6) is 5.75 Å². The van der Waals surface area contributed by atoms with Crippen molar-refractivity contribution < 1.29 is 22.7 Å². The Morgan fingerprint density at radius 2 is 1.62 bits per heavy atom. The van der Waals surface area contributed by atoms with Gasteiger partial charge in [-0.3, -0.25) is 4.72 Å². The molecule has 26 heavy (non-hydrogen) atoms. The number of nitrogens with one attached hydrogen (secondary N) is 1. The van der Waals surface area contributed by atoms with Crippen molar-refractivity contribution in [1.82, 2.24) is 0 Å². The van der Waals surface area contributed by atoms with Crippen LogP contribution in [0.2, 0.25) is 0 Å². The maximum atomic E-state index is 12.7.